The number of rotatable bonds is 4. The second-order valence-electron chi connectivity index (χ2n) is 5.04. The molecule has 21 heavy (non-hydrogen) atoms. The molecular weight excluding hydrogens is 286 g/mol. The smallest absolute Gasteiger partial charge is 0.293 e. The Bertz CT molecular complexity index is 610. The van der Waals surface area contributed by atoms with Crippen molar-refractivity contribution >= 4 is 29.0 Å². The highest BCUT2D eigenvalue weighted by Gasteiger charge is 2.37. The van der Waals surface area contributed by atoms with Gasteiger partial charge in [0.2, 0.25) is 0 Å². The molecule has 0 bridgehead atoms. The number of nitrogens with zero attached hydrogens (tertiary/aromatic N) is 1. The van der Waals surface area contributed by atoms with Crippen LogP contribution in [0, 0.1) is 6.92 Å². The zero-order valence-electron chi connectivity index (χ0n) is 12.7. The fourth-order valence-corrected chi connectivity index (χ4v) is 3.12. The largest absolute Gasteiger partial charge is 0.496 e. The van der Waals surface area contributed by atoms with Crippen LogP contribution in [0.3, 0.4) is 0 Å². The lowest BCUT2D eigenvalue weighted by Crippen LogP contribution is -2.36. The monoisotopic (exact) mass is 305 g/mol. The second-order valence-corrected chi connectivity index (χ2v) is 6.03. The molecule has 2 rings (SSSR count). The van der Waals surface area contributed by atoms with Gasteiger partial charge in [0.05, 0.1) is 12.0 Å². The van der Waals surface area contributed by atoms with E-state index in [1.807, 2.05) is 39.0 Å². The molecule has 0 radical (unpaired) electrons. The quantitative estimate of drug-likeness (QED) is 0.793. The fourth-order valence-electron chi connectivity index (χ4n) is 2.19. The van der Waals surface area contributed by atoms with Crippen molar-refractivity contribution < 1.29 is 14.3 Å². The van der Waals surface area contributed by atoms with Gasteiger partial charge in [-0.05, 0) is 61.4 Å². The molecule has 0 spiro atoms. The molecule has 1 atom stereocenters. The van der Waals surface area contributed by atoms with Crippen LogP contribution in [0.1, 0.15) is 31.4 Å². The Morgan fingerprint density at radius 2 is 2.10 bits per heavy atom. The first-order valence-electron chi connectivity index (χ1n) is 6.89. The maximum Gasteiger partial charge on any atom is 0.293 e. The molecule has 4 nitrogen and oxygen atoms in total. The van der Waals surface area contributed by atoms with Gasteiger partial charge in [0, 0.05) is 6.04 Å². The second kappa shape index (κ2) is 6.35. The molecule has 0 N–H and O–H groups in total. The minimum absolute atomic E-state index is 0.0685. The van der Waals surface area contributed by atoms with Crippen LogP contribution in [0.15, 0.2) is 23.1 Å². The predicted octanol–water partition coefficient (Wildman–Crippen LogP) is 3.84. The van der Waals surface area contributed by atoms with Crippen molar-refractivity contribution in [3.8, 4) is 5.75 Å². The lowest BCUT2D eigenvalue weighted by Gasteiger charge is -2.19. The molecule has 0 aromatic heterocycles. The molecule has 0 unspecified atom stereocenters. The van der Waals surface area contributed by atoms with Gasteiger partial charge in [-0.2, -0.15) is 0 Å². The summed E-state index contributed by atoms with van der Waals surface area (Å²) in [4.78, 5) is 26.1. The molecule has 1 heterocycles. The topological polar surface area (TPSA) is 46.6 Å². The Kier molecular flexibility index (Phi) is 4.73. The Hall–Kier alpha value is -1.75. The third kappa shape index (κ3) is 3.13. The summed E-state index contributed by atoms with van der Waals surface area (Å²) in [5.74, 6) is 0.604. The van der Waals surface area contributed by atoms with Gasteiger partial charge in [-0.3, -0.25) is 14.5 Å². The van der Waals surface area contributed by atoms with Crippen molar-refractivity contribution in [3.63, 3.8) is 0 Å². The number of ether oxygens (including phenoxy) is 1. The van der Waals surface area contributed by atoms with Gasteiger partial charge in [-0.15, -0.1) is 0 Å². The van der Waals surface area contributed by atoms with Gasteiger partial charge in [-0.25, -0.2) is 0 Å². The summed E-state index contributed by atoms with van der Waals surface area (Å²) >= 11 is 1.00. The van der Waals surface area contributed by atoms with E-state index in [2.05, 4.69) is 0 Å². The van der Waals surface area contributed by atoms with Gasteiger partial charge < -0.3 is 4.74 Å². The minimum atomic E-state index is -0.201. The van der Waals surface area contributed by atoms with Crippen molar-refractivity contribution in [1.29, 1.82) is 0 Å². The number of carbonyl (C=O) groups is 2. The van der Waals surface area contributed by atoms with Crippen molar-refractivity contribution in [2.75, 3.05) is 7.11 Å². The number of aryl methyl sites for hydroxylation is 1. The molecule has 1 aromatic carbocycles. The van der Waals surface area contributed by atoms with Crippen LogP contribution in [0.25, 0.3) is 6.08 Å². The maximum atomic E-state index is 12.3. The molecule has 5 heteroatoms. The summed E-state index contributed by atoms with van der Waals surface area (Å²) < 4.78 is 5.22. The van der Waals surface area contributed by atoms with Crippen molar-refractivity contribution in [1.82, 2.24) is 4.90 Å². The van der Waals surface area contributed by atoms with Gasteiger partial charge in [0.25, 0.3) is 11.1 Å². The van der Waals surface area contributed by atoms with Gasteiger partial charge in [-0.1, -0.05) is 13.0 Å². The van der Waals surface area contributed by atoms with Crippen LogP contribution in [0.2, 0.25) is 0 Å². The first-order chi connectivity index (χ1) is 9.97. The maximum absolute atomic E-state index is 12.3. The van der Waals surface area contributed by atoms with E-state index in [0.717, 1.165) is 35.1 Å². The first-order valence-corrected chi connectivity index (χ1v) is 7.71. The molecule has 0 saturated carbocycles. The van der Waals surface area contributed by atoms with Crippen LogP contribution < -0.4 is 4.74 Å². The average molecular weight is 305 g/mol. The van der Waals surface area contributed by atoms with Crippen LogP contribution in [0.4, 0.5) is 4.79 Å². The van der Waals surface area contributed by atoms with Crippen LogP contribution in [-0.4, -0.2) is 29.2 Å². The van der Waals surface area contributed by atoms with E-state index < -0.39 is 0 Å². The molecule has 1 fully saturated rings. The number of hydrogen-bond acceptors (Lipinski definition) is 4. The van der Waals surface area contributed by atoms with E-state index in [9.17, 15) is 9.59 Å². The van der Waals surface area contributed by atoms with E-state index in [1.54, 1.807) is 13.2 Å². The minimum Gasteiger partial charge on any atom is -0.496 e. The third-order valence-corrected chi connectivity index (χ3v) is 4.46. The average Bonchev–Trinajstić information content (AvgIpc) is 2.73. The van der Waals surface area contributed by atoms with Crippen LogP contribution in [0.5, 0.6) is 5.75 Å². The number of imide groups is 1. The molecule has 1 saturated heterocycles. The summed E-state index contributed by atoms with van der Waals surface area (Å²) in [6.45, 7) is 5.79. The number of amides is 2. The number of benzene rings is 1. The first kappa shape index (κ1) is 15.6. The Labute approximate surface area is 129 Å². The molecular formula is C16H19NO3S. The number of methoxy groups -OCH3 is 1. The van der Waals surface area contributed by atoms with Crippen molar-refractivity contribution in [2.24, 2.45) is 0 Å². The predicted molar refractivity (Wildman–Crippen MR) is 85.3 cm³/mol. The summed E-state index contributed by atoms with van der Waals surface area (Å²) in [5.41, 5.74) is 1.88. The highest BCUT2D eigenvalue weighted by Crippen LogP contribution is 2.34. The van der Waals surface area contributed by atoms with Crippen molar-refractivity contribution in [3.05, 3.63) is 34.2 Å². The summed E-state index contributed by atoms with van der Waals surface area (Å²) in [6, 6.07) is 5.61. The normalized spacial score (nSPS) is 18.5. The zero-order chi connectivity index (χ0) is 15.6. The van der Waals surface area contributed by atoms with E-state index in [0.29, 0.717) is 4.91 Å². The van der Waals surface area contributed by atoms with E-state index in [-0.39, 0.29) is 17.2 Å². The summed E-state index contributed by atoms with van der Waals surface area (Å²) in [7, 11) is 1.62. The number of carbonyl (C=O) groups excluding carboxylic acids is 2. The van der Waals surface area contributed by atoms with Crippen LogP contribution >= 0.6 is 11.8 Å². The van der Waals surface area contributed by atoms with E-state index in [4.69, 9.17) is 4.74 Å². The molecule has 1 aliphatic rings. The van der Waals surface area contributed by atoms with Gasteiger partial charge in [0.1, 0.15) is 5.75 Å². The zero-order valence-corrected chi connectivity index (χ0v) is 13.5. The van der Waals surface area contributed by atoms with Crippen LogP contribution in [-0.2, 0) is 4.79 Å². The van der Waals surface area contributed by atoms with Crippen molar-refractivity contribution in [2.45, 2.75) is 33.2 Å². The third-order valence-electron chi connectivity index (χ3n) is 3.57. The number of thioether (sulfide) groups is 1. The summed E-state index contributed by atoms with van der Waals surface area (Å²) in [5, 5.41) is -0.189. The Balaban J connectivity index is 2.28. The summed E-state index contributed by atoms with van der Waals surface area (Å²) in [6.07, 6.45) is 2.52. The molecule has 1 aromatic rings. The lowest BCUT2D eigenvalue weighted by molar-refractivity contribution is -0.124. The standard InChI is InChI=1S/C16H19NO3S/c1-5-11(3)17-15(18)14(21-16(17)19)9-12-6-7-13(20-4)10(2)8-12/h6-9,11H,5H2,1-4H3/b14-9+/t11-/m1/s1. The SMILES string of the molecule is CC[C@@H](C)N1C(=O)S/C(=C/c2ccc(OC)c(C)c2)C1=O. The van der Waals surface area contributed by atoms with Gasteiger partial charge >= 0.3 is 0 Å². The molecule has 1 aliphatic heterocycles. The Morgan fingerprint density at radius 3 is 2.67 bits per heavy atom. The van der Waals surface area contributed by atoms with Gasteiger partial charge in [0.15, 0.2) is 0 Å². The molecule has 0 aliphatic carbocycles. The highest BCUT2D eigenvalue weighted by atomic mass is 32.2. The molecule has 112 valence electrons. The molecule has 2 amide bonds. The van der Waals surface area contributed by atoms with E-state index >= 15 is 0 Å². The lowest BCUT2D eigenvalue weighted by atomic mass is 10.1. The van der Waals surface area contributed by atoms with E-state index in [1.165, 1.54) is 4.90 Å². The number of hydrogen-bond donors (Lipinski definition) is 0. The highest BCUT2D eigenvalue weighted by molar-refractivity contribution is 8.18. The Morgan fingerprint density at radius 1 is 1.38 bits per heavy atom. The fraction of sp³-hybridized carbons (Fsp3) is 0.375.